The topological polar surface area (TPSA) is 47.6 Å². The minimum absolute atomic E-state index is 0.0931. The van der Waals surface area contributed by atoms with Crippen LogP contribution < -0.4 is 10.5 Å². The van der Waals surface area contributed by atoms with Crippen molar-refractivity contribution in [2.24, 2.45) is 16.6 Å². The summed E-state index contributed by atoms with van der Waals surface area (Å²) in [5.41, 5.74) is 5.86. The molecule has 0 saturated carbocycles. The first-order valence-corrected chi connectivity index (χ1v) is 4.72. The van der Waals surface area contributed by atoms with Crippen molar-refractivity contribution >= 4 is 11.5 Å². The Hall–Kier alpha value is -1.58. The summed E-state index contributed by atoms with van der Waals surface area (Å²) < 4.78 is 18.3. The zero-order valence-electron chi connectivity index (χ0n) is 9.12. The summed E-state index contributed by atoms with van der Waals surface area (Å²) in [6, 6.07) is 4.37. The van der Waals surface area contributed by atoms with Crippen molar-refractivity contribution in [3.05, 3.63) is 24.0 Å². The first kappa shape index (κ1) is 11.5. The van der Waals surface area contributed by atoms with E-state index in [0.29, 0.717) is 11.6 Å². The minimum atomic E-state index is -0.403. The van der Waals surface area contributed by atoms with Gasteiger partial charge >= 0.3 is 0 Å². The molecule has 4 heteroatoms. The van der Waals surface area contributed by atoms with E-state index in [1.165, 1.54) is 19.2 Å². The molecule has 0 radical (unpaired) electrons. The van der Waals surface area contributed by atoms with Crippen LogP contribution in [0.1, 0.15) is 13.8 Å². The summed E-state index contributed by atoms with van der Waals surface area (Å²) in [5, 5.41) is 0. The fourth-order valence-electron chi connectivity index (χ4n) is 0.973. The molecule has 0 aliphatic heterocycles. The second-order valence-corrected chi connectivity index (χ2v) is 3.51. The Bertz CT molecular complexity index is 375. The van der Waals surface area contributed by atoms with Gasteiger partial charge in [0.25, 0.3) is 0 Å². The third-order valence-corrected chi connectivity index (χ3v) is 1.99. The molecule has 0 spiro atoms. The Balaban J connectivity index is 3.08. The fourth-order valence-corrected chi connectivity index (χ4v) is 0.973. The molecule has 0 aromatic heterocycles. The number of amidine groups is 1. The van der Waals surface area contributed by atoms with Gasteiger partial charge in [0, 0.05) is 12.0 Å². The van der Waals surface area contributed by atoms with E-state index in [0.717, 1.165) is 0 Å². The van der Waals surface area contributed by atoms with E-state index in [1.54, 1.807) is 6.07 Å². The average Bonchev–Trinajstić information content (AvgIpc) is 2.21. The third-order valence-electron chi connectivity index (χ3n) is 1.99. The van der Waals surface area contributed by atoms with Crippen LogP contribution in [0, 0.1) is 11.7 Å². The van der Waals surface area contributed by atoms with Crippen LogP contribution in [0.3, 0.4) is 0 Å². The third kappa shape index (κ3) is 2.94. The van der Waals surface area contributed by atoms with Crippen molar-refractivity contribution in [1.29, 1.82) is 0 Å². The van der Waals surface area contributed by atoms with Crippen LogP contribution in [-0.2, 0) is 0 Å². The lowest BCUT2D eigenvalue weighted by molar-refractivity contribution is 0.414. The summed E-state index contributed by atoms with van der Waals surface area (Å²) in [4.78, 5) is 4.01. The summed E-state index contributed by atoms with van der Waals surface area (Å²) in [6.07, 6.45) is 0. The number of nitrogens with zero attached hydrogens (tertiary/aromatic N) is 1. The highest BCUT2D eigenvalue weighted by Gasteiger charge is 2.05. The van der Waals surface area contributed by atoms with Crippen LogP contribution in [0.5, 0.6) is 5.75 Å². The molecule has 0 unspecified atom stereocenters. The van der Waals surface area contributed by atoms with E-state index < -0.39 is 5.82 Å². The number of hydrogen-bond acceptors (Lipinski definition) is 2. The summed E-state index contributed by atoms with van der Waals surface area (Å²) in [6.45, 7) is 3.80. The summed E-state index contributed by atoms with van der Waals surface area (Å²) in [5.74, 6) is 0.656. The molecule has 0 fully saturated rings. The number of ether oxygens (including phenoxy) is 1. The van der Waals surface area contributed by atoms with Gasteiger partial charge in [-0.3, -0.25) is 0 Å². The van der Waals surface area contributed by atoms with Crippen LogP contribution in [0.25, 0.3) is 0 Å². The predicted octanol–water partition coefficient (Wildman–Crippen LogP) is 2.48. The first-order valence-electron chi connectivity index (χ1n) is 4.72. The van der Waals surface area contributed by atoms with E-state index in [-0.39, 0.29) is 11.6 Å². The maximum atomic E-state index is 13.3. The van der Waals surface area contributed by atoms with Crippen molar-refractivity contribution in [3.63, 3.8) is 0 Å². The number of rotatable bonds is 3. The van der Waals surface area contributed by atoms with E-state index >= 15 is 0 Å². The molecule has 3 nitrogen and oxygen atoms in total. The quantitative estimate of drug-likeness (QED) is 0.615. The molecule has 1 aromatic carbocycles. The maximum absolute atomic E-state index is 13.3. The Kier molecular flexibility index (Phi) is 3.66. The lowest BCUT2D eigenvalue weighted by Gasteiger charge is -2.06. The Labute approximate surface area is 88.8 Å². The number of nitrogens with two attached hydrogens (primary N) is 1. The van der Waals surface area contributed by atoms with Gasteiger partial charge in [-0.2, -0.15) is 0 Å². The number of halogens is 1. The maximum Gasteiger partial charge on any atom is 0.149 e. The molecule has 0 saturated heterocycles. The molecule has 0 bridgehead atoms. The zero-order chi connectivity index (χ0) is 11.4. The molecule has 1 rings (SSSR count). The Morgan fingerprint density at radius 1 is 1.47 bits per heavy atom. The highest BCUT2D eigenvalue weighted by molar-refractivity contribution is 5.84. The smallest absolute Gasteiger partial charge is 0.149 e. The van der Waals surface area contributed by atoms with Crippen molar-refractivity contribution < 1.29 is 9.13 Å². The zero-order valence-corrected chi connectivity index (χ0v) is 9.12. The second-order valence-electron chi connectivity index (χ2n) is 3.51. The Morgan fingerprint density at radius 2 is 2.13 bits per heavy atom. The first-order chi connectivity index (χ1) is 7.04. The van der Waals surface area contributed by atoms with Gasteiger partial charge in [-0.15, -0.1) is 0 Å². The molecule has 0 amide bonds. The SMILES string of the molecule is COc1ccc(F)c(N=C(N)C(C)C)c1. The number of benzene rings is 1. The van der Waals surface area contributed by atoms with E-state index in [1.807, 2.05) is 13.8 Å². The molecule has 0 aliphatic carbocycles. The standard InChI is InChI=1S/C11H15FN2O/c1-7(2)11(13)14-10-6-8(15-3)4-5-9(10)12/h4-7H,1-3H3,(H2,13,14). The lowest BCUT2D eigenvalue weighted by Crippen LogP contribution is -2.18. The summed E-state index contributed by atoms with van der Waals surface area (Å²) in [7, 11) is 1.52. The monoisotopic (exact) mass is 210 g/mol. The van der Waals surface area contributed by atoms with Gasteiger partial charge < -0.3 is 10.5 Å². The molecule has 15 heavy (non-hydrogen) atoms. The summed E-state index contributed by atoms with van der Waals surface area (Å²) >= 11 is 0. The molecule has 1 aromatic rings. The van der Waals surface area contributed by atoms with Gasteiger partial charge in [0.1, 0.15) is 23.1 Å². The lowest BCUT2D eigenvalue weighted by atomic mass is 10.2. The van der Waals surface area contributed by atoms with Gasteiger partial charge in [-0.05, 0) is 12.1 Å². The predicted molar refractivity (Wildman–Crippen MR) is 59.1 cm³/mol. The van der Waals surface area contributed by atoms with Crippen LogP contribution in [0.2, 0.25) is 0 Å². The molecule has 82 valence electrons. The van der Waals surface area contributed by atoms with Crippen LogP contribution >= 0.6 is 0 Å². The highest BCUT2D eigenvalue weighted by atomic mass is 19.1. The Morgan fingerprint density at radius 3 is 2.67 bits per heavy atom. The van der Waals surface area contributed by atoms with E-state index in [4.69, 9.17) is 10.5 Å². The van der Waals surface area contributed by atoms with E-state index in [2.05, 4.69) is 4.99 Å². The van der Waals surface area contributed by atoms with Gasteiger partial charge in [0.05, 0.1) is 7.11 Å². The fraction of sp³-hybridized carbons (Fsp3) is 0.364. The normalized spacial score (nSPS) is 11.9. The molecule has 0 aliphatic rings. The van der Waals surface area contributed by atoms with Gasteiger partial charge in [0.2, 0.25) is 0 Å². The van der Waals surface area contributed by atoms with Crippen LogP contribution in [0.4, 0.5) is 10.1 Å². The van der Waals surface area contributed by atoms with Crippen molar-refractivity contribution in [3.8, 4) is 5.75 Å². The largest absolute Gasteiger partial charge is 0.497 e. The number of aliphatic imine (C=N–C) groups is 1. The highest BCUT2D eigenvalue weighted by Crippen LogP contribution is 2.24. The number of hydrogen-bond donors (Lipinski definition) is 1. The van der Waals surface area contributed by atoms with Crippen LogP contribution in [-0.4, -0.2) is 12.9 Å². The van der Waals surface area contributed by atoms with Gasteiger partial charge in [-0.25, -0.2) is 9.38 Å². The number of methoxy groups -OCH3 is 1. The van der Waals surface area contributed by atoms with Crippen molar-refractivity contribution in [1.82, 2.24) is 0 Å². The van der Waals surface area contributed by atoms with Gasteiger partial charge in [-0.1, -0.05) is 13.8 Å². The molecular formula is C11H15FN2O. The van der Waals surface area contributed by atoms with Gasteiger partial charge in [0.15, 0.2) is 0 Å². The van der Waals surface area contributed by atoms with Crippen LogP contribution in [0.15, 0.2) is 23.2 Å². The molecule has 0 atom stereocenters. The van der Waals surface area contributed by atoms with Crippen molar-refractivity contribution in [2.45, 2.75) is 13.8 Å². The average molecular weight is 210 g/mol. The molecular weight excluding hydrogens is 195 g/mol. The molecule has 2 N–H and O–H groups in total. The molecule has 0 heterocycles. The minimum Gasteiger partial charge on any atom is -0.497 e. The van der Waals surface area contributed by atoms with Crippen molar-refractivity contribution in [2.75, 3.05) is 7.11 Å². The second kappa shape index (κ2) is 4.77. The van der Waals surface area contributed by atoms with E-state index in [9.17, 15) is 4.39 Å².